The molecule has 0 radical (unpaired) electrons. The van der Waals surface area contributed by atoms with E-state index in [4.69, 9.17) is 10.5 Å². The number of carbonyl (C=O) groups is 2. The van der Waals surface area contributed by atoms with Crippen LogP contribution in [-0.2, 0) is 22.3 Å². The maximum Gasteiger partial charge on any atom is 0.416 e. The van der Waals surface area contributed by atoms with Gasteiger partial charge in [-0.2, -0.15) is 13.2 Å². The summed E-state index contributed by atoms with van der Waals surface area (Å²) in [6.45, 7) is 4.34. The van der Waals surface area contributed by atoms with Crippen LogP contribution in [0.1, 0.15) is 63.9 Å². The fraction of sp³-hybridized carbons (Fsp3) is 0.414. The van der Waals surface area contributed by atoms with E-state index in [1.54, 1.807) is 29.6 Å². The first-order chi connectivity index (χ1) is 19.1. The number of benzene rings is 2. The number of hydrogen-bond acceptors (Lipinski definition) is 6. The maximum absolute atomic E-state index is 13.2. The fourth-order valence-corrected chi connectivity index (χ4v) is 6.04. The molecule has 0 bridgehead atoms. The van der Waals surface area contributed by atoms with Crippen LogP contribution in [0.5, 0.6) is 0 Å². The molecule has 2 saturated heterocycles. The van der Waals surface area contributed by atoms with Crippen molar-refractivity contribution in [1.29, 1.82) is 0 Å². The molecule has 2 amide bonds. The Bertz CT molecular complexity index is 1360. The van der Waals surface area contributed by atoms with Gasteiger partial charge in [-0.3, -0.25) is 9.59 Å². The third-order valence-electron chi connectivity index (χ3n) is 7.62. The second-order valence-electron chi connectivity index (χ2n) is 10.3. The first-order valence-electron chi connectivity index (χ1n) is 13.3. The van der Waals surface area contributed by atoms with E-state index in [0.29, 0.717) is 48.7 Å². The van der Waals surface area contributed by atoms with Gasteiger partial charge < -0.3 is 20.7 Å². The van der Waals surface area contributed by atoms with Gasteiger partial charge in [0.05, 0.1) is 35.7 Å². The van der Waals surface area contributed by atoms with Crippen LogP contribution in [0.25, 0.3) is 11.1 Å². The standard InChI is InChI=1S/C29H31F3N4O3S/c1-17(18-2-4-19(5-3-18)24-12-23(29(30,31)32)7-6-21(24)13-33)34-26(37)25-16-40-27(35-25)20-8-10-36(11-9-20)28(38)22-14-39-15-22/h2-7,12,16-17,20,22H,8-11,13-15,33H2,1H3,(H,34,37)/t17-/m1/s1. The minimum absolute atomic E-state index is 0.00565. The molecule has 2 fully saturated rings. The van der Waals surface area contributed by atoms with Crippen LogP contribution in [0.4, 0.5) is 13.2 Å². The van der Waals surface area contributed by atoms with Crippen molar-refractivity contribution in [1.82, 2.24) is 15.2 Å². The lowest BCUT2D eigenvalue weighted by atomic mass is 9.95. The number of alkyl halides is 3. The molecule has 40 heavy (non-hydrogen) atoms. The van der Waals surface area contributed by atoms with E-state index >= 15 is 0 Å². The topological polar surface area (TPSA) is 97.5 Å². The van der Waals surface area contributed by atoms with Gasteiger partial charge in [0.2, 0.25) is 5.91 Å². The Morgan fingerprint density at radius 3 is 2.45 bits per heavy atom. The van der Waals surface area contributed by atoms with Crippen LogP contribution in [0, 0.1) is 5.92 Å². The highest BCUT2D eigenvalue weighted by atomic mass is 32.1. The second-order valence-corrected chi connectivity index (χ2v) is 11.2. The number of halogens is 3. The fourth-order valence-electron chi connectivity index (χ4n) is 5.07. The van der Waals surface area contributed by atoms with E-state index in [1.165, 1.54) is 17.4 Å². The van der Waals surface area contributed by atoms with Crippen molar-refractivity contribution in [3.05, 3.63) is 75.2 Å². The van der Waals surface area contributed by atoms with Crippen LogP contribution in [0.15, 0.2) is 47.8 Å². The van der Waals surface area contributed by atoms with Crippen LogP contribution in [0.3, 0.4) is 0 Å². The molecule has 5 rings (SSSR count). The Labute approximate surface area is 234 Å². The zero-order chi connectivity index (χ0) is 28.4. The predicted molar refractivity (Wildman–Crippen MR) is 146 cm³/mol. The molecule has 2 aliphatic rings. The highest BCUT2D eigenvalue weighted by Gasteiger charge is 2.34. The van der Waals surface area contributed by atoms with Crippen LogP contribution < -0.4 is 11.1 Å². The number of nitrogens with zero attached hydrogens (tertiary/aromatic N) is 2. The van der Waals surface area contributed by atoms with Crippen molar-refractivity contribution in [3.8, 4) is 11.1 Å². The molecule has 3 heterocycles. The molecule has 2 aromatic carbocycles. The van der Waals surface area contributed by atoms with Gasteiger partial charge >= 0.3 is 6.18 Å². The number of aromatic nitrogens is 1. The third-order valence-corrected chi connectivity index (χ3v) is 8.63. The molecule has 2 aliphatic heterocycles. The number of thiazole rings is 1. The molecular formula is C29H31F3N4O3S. The van der Waals surface area contributed by atoms with E-state index in [1.807, 2.05) is 11.8 Å². The first kappa shape index (κ1) is 28.3. The molecule has 0 saturated carbocycles. The summed E-state index contributed by atoms with van der Waals surface area (Å²) in [6.07, 6.45) is -2.82. The van der Waals surface area contributed by atoms with Crippen LogP contribution in [0.2, 0.25) is 0 Å². The quantitative estimate of drug-likeness (QED) is 0.409. The molecule has 1 atom stereocenters. The van der Waals surface area contributed by atoms with Gasteiger partial charge in [-0.25, -0.2) is 4.98 Å². The SMILES string of the molecule is C[C@@H](NC(=O)c1csc(C2CCN(C(=O)C3COC3)CC2)n1)c1ccc(-c2cc(C(F)(F)F)ccc2CN)cc1. The number of piperidine rings is 1. The van der Waals surface area contributed by atoms with E-state index in [2.05, 4.69) is 10.3 Å². The van der Waals surface area contributed by atoms with E-state index in [0.717, 1.165) is 35.5 Å². The smallest absolute Gasteiger partial charge is 0.380 e. The van der Waals surface area contributed by atoms with Gasteiger partial charge in [-0.05, 0) is 54.2 Å². The summed E-state index contributed by atoms with van der Waals surface area (Å²) in [5, 5.41) is 5.62. The number of ether oxygens (including phenoxy) is 1. The molecule has 1 aromatic heterocycles. The van der Waals surface area contributed by atoms with Crippen LogP contribution >= 0.6 is 11.3 Å². The van der Waals surface area contributed by atoms with Gasteiger partial charge in [0.15, 0.2) is 0 Å². The minimum Gasteiger partial charge on any atom is -0.380 e. The number of hydrogen-bond donors (Lipinski definition) is 2. The molecule has 3 aromatic rings. The average Bonchev–Trinajstić information content (AvgIpc) is 3.42. The Hall–Kier alpha value is -3.28. The van der Waals surface area contributed by atoms with Crippen LogP contribution in [-0.4, -0.2) is 48.0 Å². The first-order valence-corrected chi connectivity index (χ1v) is 14.2. The largest absolute Gasteiger partial charge is 0.416 e. The molecule has 11 heteroatoms. The number of nitrogens with one attached hydrogen (secondary N) is 1. The lowest BCUT2D eigenvalue weighted by molar-refractivity contribution is -0.151. The zero-order valence-corrected chi connectivity index (χ0v) is 22.9. The maximum atomic E-state index is 13.2. The van der Waals surface area contributed by atoms with Gasteiger partial charge in [0.1, 0.15) is 5.69 Å². The second kappa shape index (κ2) is 11.7. The van der Waals surface area contributed by atoms with Crippen molar-refractivity contribution in [3.63, 3.8) is 0 Å². The van der Waals surface area contributed by atoms with Gasteiger partial charge in [0.25, 0.3) is 5.91 Å². The number of nitrogens with two attached hydrogens (primary N) is 1. The highest BCUT2D eigenvalue weighted by Crippen LogP contribution is 2.35. The van der Waals surface area contributed by atoms with E-state index < -0.39 is 11.7 Å². The Morgan fingerprint density at radius 2 is 1.85 bits per heavy atom. The van der Waals surface area contributed by atoms with Crippen molar-refractivity contribution in [2.45, 2.75) is 44.4 Å². The molecule has 7 nitrogen and oxygen atoms in total. The Balaban J connectivity index is 1.19. The van der Waals surface area contributed by atoms with Gasteiger partial charge in [0, 0.05) is 30.9 Å². The highest BCUT2D eigenvalue weighted by molar-refractivity contribution is 7.09. The van der Waals surface area contributed by atoms with Gasteiger partial charge in [-0.15, -0.1) is 11.3 Å². The van der Waals surface area contributed by atoms with Crippen molar-refractivity contribution >= 4 is 23.2 Å². The summed E-state index contributed by atoms with van der Waals surface area (Å²) in [4.78, 5) is 31.9. The number of amides is 2. The molecule has 3 N–H and O–H groups in total. The lowest BCUT2D eigenvalue weighted by Crippen LogP contribution is -2.47. The Morgan fingerprint density at radius 1 is 1.15 bits per heavy atom. The number of likely N-dealkylation sites (tertiary alicyclic amines) is 1. The summed E-state index contributed by atoms with van der Waals surface area (Å²) in [6, 6.07) is 10.3. The van der Waals surface area contributed by atoms with E-state index in [-0.39, 0.29) is 36.2 Å². The summed E-state index contributed by atoms with van der Waals surface area (Å²) in [7, 11) is 0. The van der Waals surface area contributed by atoms with Crippen molar-refractivity contribution < 1.29 is 27.5 Å². The average molecular weight is 573 g/mol. The predicted octanol–water partition coefficient (Wildman–Crippen LogP) is 5.13. The van der Waals surface area contributed by atoms with E-state index in [9.17, 15) is 22.8 Å². The molecular weight excluding hydrogens is 541 g/mol. The monoisotopic (exact) mass is 572 g/mol. The molecule has 0 unspecified atom stereocenters. The molecule has 212 valence electrons. The zero-order valence-electron chi connectivity index (χ0n) is 22.0. The number of carbonyl (C=O) groups excluding carboxylic acids is 2. The third kappa shape index (κ3) is 6.06. The van der Waals surface area contributed by atoms with Crippen molar-refractivity contribution in [2.24, 2.45) is 11.7 Å². The lowest BCUT2D eigenvalue weighted by Gasteiger charge is -2.36. The molecule has 0 aliphatic carbocycles. The number of rotatable bonds is 7. The molecule has 0 spiro atoms. The normalized spacial score (nSPS) is 17.4. The van der Waals surface area contributed by atoms with Crippen molar-refractivity contribution in [2.75, 3.05) is 26.3 Å². The summed E-state index contributed by atoms with van der Waals surface area (Å²) in [5.41, 5.74) is 7.87. The minimum atomic E-state index is -4.45. The van der Waals surface area contributed by atoms with Gasteiger partial charge in [-0.1, -0.05) is 30.3 Å². The summed E-state index contributed by atoms with van der Waals surface area (Å²) >= 11 is 1.46. The summed E-state index contributed by atoms with van der Waals surface area (Å²) < 4.78 is 44.9. The Kier molecular flexibility index (Phi) is 8.25. The summed E-state index contributed by atoms with van der Waals surface area (Å²) in [5.74, 6) is 0.0851.